The van der Waals surface area contributed by atoms with Crippen LogP contribution in [0, 0.1) is 5.92 Å². The standard InChI is InChI=1S/C23H20N4O2/c28-22(26-18-6-7-18)20-14-17-4-2-10-25-21(17)27(23(20)29)19-5-1-3-16(13-19)15-8-11-24-12-9-15/h1-5,8-13,18,20H,6-7,14H2,(H,26,28). The van der Waals surface area contributed by atoms with Crippen molar-refractivity contribution in [3.8, 4) is 11.1 Å². The van der Waals surface area contributed by atoms with Gasteiger partial charge in [0.25, 0.3) is 0 Å². The lowest BCUT2D eigenvalue weighted by atomic mass is 9.92. The summed E-state index contributed by atoms with van der Waals surface area (Å²) in [5.41, 5.74) is 3.58. The van der Waals surface area contributed by atoms with Gasteiger partial charge in [-0.3, -0.25) is 19.5 Å². The minimum absolute atomic E-state index is 0.192. The van der Waals surface area contributed by atoms with E-state index in [0.717, 1.165) is 29.5 Å². The molecule has 2 aromatic heterocycles. The van der Waals surface area contributed by atoms with E-state index >= 15 is 0 Å². The zero-order valence-corrected chi connectivity index (χ0v) is 15.8. The smallest absolute Gasteiger partial charge is 0.245 e. The molecule has 1 saturated carbocycles. The predicted molar refractivity (Wildman–Crippen MR) is 109 cm³/mol. The molecule has 0 saturated heterocycles. The molecule has 1 atom stereocenters. The van der Waals surface area contributed by atoms with E-state index in [0.29, 0.717) is 17.9 Å². The summed E-state index contributed by atoms with van der Waals surface area (Å²) >= 11 is 0. The number of rotatable bonds is 4. The van der Waals surface area contributed by atoms with Crippen molar-refractivity contribution < 1.29 is 9.59 Å². The molecule has 1 aliphatic carbocycles. The highest BCUT2D eigenvalue weighted by Crippen LogP contribution is 2.36. The van der Waals surface area contributed by atoms with E-state index in [9.17, 15) is 9.59 Å². The van der Waals surface area contributed by atoms with Crippen LogP contribution >= 0.6 is 0 Å². The van der Waals surface area contributed by atoms with Crippen LogP contribution in [0.5, 0.6) is 0 Å². The van der Waals surface area contributed by atoms with Crippen LogP contribution in [0.3, 0.4) is 0 Å². The summed E-state index contributed by atoms with van der Waals surface area (Å²) in [4.78, 5) is 36.3. The van der Waals surface area contributed by atoms with Crippen LogP contribution in [-0.2, 0) is 16.0 Å². The van der Waals surface area contributed by atoms with E-state index in [1.807, 2.05) is 48.5 Å². The van der Waals surface area contributed by atoms with E-state index in [-0.39, 0.29) is 17.9 Å². The van der Waals surface area contributed by atoms with Gasteiger partial charge in [-0.1, -0.05) is 18.2 Å². The normalized spacial score (nSPS) is 18.3. The fourth-order valence-corrected chi connectivity index (χ4v) is 3.71. The molecule has 1 unspecified atom stereocenters. The molecule has 1 fully saturated rings. The number of aromatic nitrogens is 2. The third-order valence-electron chi connectivity index (χ3n) is 5.38. The number of benzene rings is 1. The van der Waals surface area contributed by atoms with Crippen molar-refractivity contribution in [3.05, 3.63) is 72.7 Å². The number of fused-ring (bicyclic) bond motifs is 1. The zero-order chi connectivity index (χ0) is 19.8. The van der Waals surface area contributed by atoms with Crippen molar-refractivity contribution >= 4 is 23.3 Å². The number of anilines is 2. The summed E-state index contributed by atoms with van der Waals surface area (Å²) < 4.78 is 0. The molecular formula is C23H20N4O2. The number of hydrogen-bond donors (Lipinski definition) is 1. The fourth-order valence-electron chi connectivity index (χ4n) is 3.71. The Morgan fingerprint density at radius 2 is 1.83 bits per heavy atom. The van der Waals surface area contributed by atoms with Crippen molar-refractivity contribution in [1.29, 1.82) is 0 Å². The molecule has 1 aliphatic heterocycles. The summed E-state index contributed by atoms with van der Waals surface area (Å²) in [7, 11) is 0. The lowest BCUT2D eigenvalue weighted by Gasteiger charge is -2.32. The van der Waals surface area contributed by atoms with Crippen LogP contribution in [-0.4, -0.2) is 27.8 Å². The van der Waals surface area contributed by atoms with Crippen molar-refractivity contribution in [2.45, 2.75) is 25.3 Å². The average molecular weight is 384 g/mol. The van der Waals surface area contributed by atoms with E-state index in [1.54, 1.807) is 23.5 Å². The first-order valence-corrected chi connectivity index (χ1v) is 9.79. The number of nitrogens with one attached hydrogen (secondary N) is 1. The molecule has 2 aliphatic rings. The van der Waals surface area contributed by atoms with Crippen molar-refractivity contribution in [2.24, 2.45) is 5.92 Å². The van der Waals surface area contributed by atoms with Gasteiger partial charge in [-0.15, -0.1) is 0 Å². The topological polar surface area (TPSA) is 75.2 Å². The van der Waals surface area contributed by atoms with Crippen LogP contribution < -0.4 is 10.2 Å². The first-order chi connectivity index (χ1) is 14.2. The molecule has 0 radical (unpaired) electrons. The number of carbonyl (C=O) groups excluding carboxylic acids is 2. The van der Waals surface area contributed by atoms with Gasteiger partial charge in [0.15, 0.2) is 0 Å². The van der Waals surface area contributed by atoms with E-state index in [2.05, 4.69) is 15.3 Å². The number of nitrogens with zero attached hydrogens (tertiary/aromatic N) is 3. The first kappa shape index (κ1) is 17.6. The van der Waals surface area contributed by atoms with Crippen LogP contribution in [0.1, 0.15) is 18.4 Å². The summed E-state index contributed by atoms with van der Waals surface area (Å²) in [5.74, 6) is -0.569. The Bertz CT molecular complexity index is 1080. The highest BCUT2D eigenvalue weighted by atomic mass is 16.2. The molecule has 144 valence electrons. The summed E-state index contributed by atoms with van der Waals surface area (Å²) in [6.07, 6.45) is 7.51. The second-order valence-corrected chi connectivity index (χ2v) is 7.49. The number of hydrogen-bond acceptors (Lipinski definition) is 4. The summed E-state index contributed by atoms with van der Waals surface area (Å²) in [6.45, 7) is 0. The third-order valence-corrected chi connectivity index (χ3v) is 5.38. The van der Waals surface area contributed by atoms with Gasteiger partial charge in [0.05, 0.1) is 5.69 Å². The van der Waals surface area contributed by atoms with Crippen molar-refractivity contribution in [1.82, 2.24) is 15.3 Å². The van der Waals surface area contributed by atoms with Crippen LogP contribution in [0.25, 0.3) is 11.1 Å². The monoisotopic (exact) mass is 384 g/mol. The molecule has 0 bridgehead atoms. The Labute approximate surface area is 168 Å². The van der Waals surface area contributed by atoms with Gasteiger partial charge in [0.1, 0.15) is 11.7 Å². The summed E-state index contributed by atoms with van der Waals surface area (Å²) in [6, 6.07) is 15.6. The molecule has 3 aromatic rings. The molecule has 6 nitrogen and oxygen atoms in total. The highest BCUT2D eigenvalue weighted by Gasteiger charge is 2.40. The second kappa shape index (κ2) is 7.13. The lowest BCUT2D eigenvalue weighted by molar-refractivity contribution is -0.133. The van der Waals surface area contributed by atoms with Gasteiger partial charge in [0, 0.05) is 24.6 Å². The van der Waals surface area contributed by atoms with Gasteiger partial charge < -0.3 is 5.32 Å². The molecule has 0 spiro atoms. The van der Waals surface area contributed by atoms with E-state index in [4.69, 9.17) is 0 Å². The van der Waals surface area contributed by atoms with Crippen LogP contribution in [0.15, 0.2) is 67.1 Å². The van der Waals surface area contributed by atoms with E-state index < -0.39 is 5.92 Å². The minimum Gasteiger partial charge on any atom is -0.353 e. The Balaban J connectivity index is 1.55. The van der Waals surface area contributed by atoms with Gasteiger partial charge in [0.2, 0.25) is 11.8 Å². The van der Waals surface area contributed by atoms with Crippen molar-refractivity contribution in [3.63, 3.8) is 0 Å². The molecule has 1 N–H and O–H groups in total. The maximum absolute atomic E-state index is 13.4. The third kappa shape index (κ3) is 3.38. The number of amides is 2. The quantitative estimate of drug-likeness (QED) is 0.701. The Morgan fingerprint density at radius 1 is 1.00 bits per heavy atom. The first-order valence-electron chi connectivity index (χ1n) is 9.79. The molecule has 6 heteroatoms. The SMILES string of the molecule is O=C(NC1CC1)C1Cc2cccnc2N(c2cccc(-c3ccncc3)c2)C1=O. The molecule has 1 aromatic carbocycles. The second-order valence-electron chi connectivity index (χ2n) is 7.49. The fraction of sp³-hybridized carbons (Fsp3) is 0.217. The van der Waals surface area contributed by atoms with Crippen LogP contribution in [0.4, 0.5) is 11.5 Å². The van der Waals surface area contributed by atoms with Crippen molar-refractivity contribution in [2.75, 3.05) is 4.90 Å². The Morgan fingerprint density at radius 3 is 2.62 bits per heavy atom. The zero-order valence-electron chi connectivity index (χ0n) is 15.8. The average Bonchev–Trinajstić information content (AvgIpc) is 3.58. The van der Waals surface area contributed by atoms with Gasteiger partial charge in [-0.25, -0.2) is 4.98 Å². The maximum atomic E-state index is 13.4. The largest absolute Gasteiger partial charge is 0.353 e. The minimum atomic E-state index is -0.739. The Hall–Kier alpha value is -3.54. The maximum Gasteiger partial charge on any atom is 0.245 e. The number of carbonyl (C=O) groups is 2. The van der Waals surface area contributed by atoms with Gasteiger partial charge in [-0.2, -0.15) is 0 Å². The lowest BCUT2D eigenvalue weighted by Crippen LogP contribution is -2.47. The predicted octanol–water partition coefficient (Wildman–Crippen LogP) is 3.26. The highest BCUT2D eigenvalue weighted by molar-refractivity contribution is 6.13. The van der Waals surface area contributed by atoms with Gasteiger partial charge in [-0.05, 0) is 66.3 Å². The molecular weight excluding hydrogens is 364 g/mol. The molecule has 3 heterocycles. The van der Waals surface area contributed by atoms with E-state index in [1.165, 1.54) is 0 Å². The number of pyridine rings is 2. The van der Waals surface area contributed by atoms with Crippen LogP contribution in [0.2, 0.25) is 0 Å². The Kier molecular flexibility index (Phi) is 4.31. The summed E-state index contributed by atoms with van der Waals surface area (Å²) in [5, 5.41) is 2.98. The molecule has 29 heavy (non-hydrogen) atoms. The van der Waals surface area contributed by atoms with Gasteiger partial charge >= 0.3 is 0 Å². The molecule has 5 rings (SSSR count). The molecule has 2 amide bonds.